The van der Waals surface area contributed by atoms with Crippen LogP contribution in [0.2, 0.25) is 0 Å². The molecular formula is C20H24FN3O. The molecule has 2 aliphatic heterocycles. The number of hydrogen-bond donors (Lipinski definition) is 0. The van der Waals surface area contributed by atoms with Crippen molar-refractivity contribution >= 4 is 22.4 Å². The quantitative estimate of drug-likeness (QED) is 0.859. The summed E-state index contributed by atoms with van der Waals surface area (Å²) < 4.78 is 16.3. The maximum Gasteiger partial charge on any atom is 0.230 e. The molecule has 0 saturated heterocycles. The van der Waals surface area contributed by atoms with E-state index in [1.807, 2.05) is 41.5 Å². The Balaban J connectivity index is 1.82. The minimum atomic E-state index is -0.172. The number of aromatic nitrogens is 1. The molecule has 0 saturated carbocycles. The van der Waals surface area contributed by atoms with Crippen molar-refractivity contribution in [2.24, 2.45) is 5.92 Å². The zero-order chi connectivity index (χ0) is 17.7. The third kappa shape index (κ3) is 2.41. The number of hydrogen-bond acceptors (Lipinski definition) is 2. The van der Waals surface area contributed by atoms with Crippen molar-refractivity contribution in [2.75, 3.05) is 26.7 Å². The van der Waals surface area contributed by atoms with Crippen molar-refractivity contribution in [3.63, 3.8) is 0 Å². The second-order valence-electron chi connectivity index (χ2n) is 7.03. The number of carbonyl (C=O) groups is 1. The molecule has 2 aromatic rings. The van der Waals surface area contributed by atoms with Gasteiger partial charge in [-0.3, -0.25) is 9.69 Å². The van der Waals surface area contributed by atoms with Crippen molar-refractivity contribution in [1.29, 1.82) is 0 Å². The van der Waals surface area contributed by atoms with Crippen LogP contribution < -0.4 is 0 Å². The second kappa shape index (κ2) is 5.99. The maximum absolute atomic E-state index is 14.3. The molecule has 1 amide bonds. The van der Waals surface area contributed by atoms with Gasteiger partial charge in [-0.1, -0.05) is 18.2 Å². The number of likely N-dealkylation sites (N-methyl/N-ethyl adjacent to an activating group) is 1. The van der Waals surface area contributed by atoms with Gasteiger partial charge < -0.3 is 9.47 Å². The Morgan fingerprint density at radius 1 is 1.28 bits per heavy atom. The Hall–Kier alpha value is -2.14. The van der Waals surface area contributed by atoms with Crippen LogP contribution in [-0.2, 0) is 11.3 Å². The van der Waals surface area contributed by atoms with Crippen molar-refractivity contribution in [3.05, 3.63) is 41.9 Å². The Kier molecular flexibility index (Phi) is 3.91. The summed E-state index contributed by atoms with van der Waals surface area (Å²) in [6, 6.07) is 5.97. The lowest BCUT2D eigenvalue weighted by Crippen LogP contribution is -2.48. The van der Waals surface area contributed by atoms with Gasteiger partial charge in [0.15, 0.2) is 0 Å². The minimum absolute atomic E-state index is 0.141. The molecular weight excluding hydrogens is 317 g/mol. The van der Waals surface area contributed by atoms with Gasteiger partial charge in [0.25, 0.3) is 0 Å². The molecule has 1 aromatic carbocycles. The van der Waals surface area contributed by atoms with E-state index in [1.165, 1.54) is 0 Å². The molecule has 132 valence electrons. The zero-order valence-corrected chi connectivity index (χ0v) is 15.0. The fourth-order valence-corrected chi connectivity index (χ4v) is 4.36. The first-order valence-corrected chi connectivity index (χ1v) is 9.03. The average Bonchev–Trinajstić information content (AvgIpc) is 2.94. The van der Waals surface area contributed by atoms with E-state index in [0.717, 1.165) is 36.3 Å². The summed E-state index contributed by atoms with van der Waals surface area (Å²) in [6.45, 7) is 6.92. The predicted molar refractivity (Wildman–Crippen MR) is 97.7 cm³/mol. The van der Waals surface area contributed by atoms with E-state index in [2.05, 4.69) is 18.0 Å². The van der Waals surface area contributed by atoms with Gasteiger partial charge in [0, 0.05) is 43.3 Å². The predicted octanol–water partition coefficient (Wildman–Crippen LogP) is 2.98. The van der Waals surface area contributed by atoms with Crippen molar-refractivity contribution in [1.82, 2.24) is 14.4 Å². The molecule has 25 heavy (non-hydrogen) atoms. The lowest BCUT2D eigenvalue weighted by molar-refractivity contribution is -0.134. The van der Waals surface area contributed by atoms with Gasteiger partial charge in [0.2, 0.25) is 5.91 Å². The number of carbonyl (C=O) groups excluding carboxylic acids is 1. The van der Waals surface area contributed by atoms with Crippen molar-refractivity contribution in [3.8, 4) is 0 Å². The van der Waals surface area contributed by atoms with E-state index in [4.69, 9.17) is 0 Å². The van der Waals surface area contributed by atoms with Crippen molar-refractivity contribution in [2.45, 2.75) is 26.4 Å². The molecule has 0 fully saturated rings. The van der Waals surface area contributed by atoms with Gasteiger partial charge in [0.1, 0.15) is 5.82 Å². The van der Waals surface area contributed by atoms with E-state index in [1.54, 1.807) is 6.20 Å². The fourth-order valence-electron chi connectivity index (χ4n) is 4.36. The van der Waals surface area contributed by atoms with Crippen LogP contribution in [0.15, 0.2) is 30.5 Å². The molecule has 0 N–H and O–H groups in total. The molecule has 0 bridgehead atoms. The van der Waals surface area contributed by atoms with Crippen LogP contribution in [0, 0.1) is 11.7 Å². The molecule has 2 atom stereocenters. The van der Waals surface area contributed by atoms with E-state index in [-0.39, 0.29) is 23.7 Å². The third-order valence-electron chi connectivity index (χ3n) is 5.68. The number of nitrogens with zero attached hydrogens (tertiary/aromatic N) is 3. The lowest BCUT2D eigenvalue weighted by atomic mass is 9.85. The molecule has 0 radical (unpaired) electrons. The highest BCUT2D eigenvalue weighted by Gasteiger charge is 2.36. The molecule has 2 aliphatic rings. The van der Waals surface area contributed by atoms with Gasteiger partial charge in [0.05, 0.1) is 17.5 Å². The second-order valence-corrected chi connectivity index (χ2v) is 7.03. The minimum Gasteiger partial charge on any atom is -0.343 e. The molecule has 5 heteroatoms. The van der Waals surface area contributed by atoms with Crippen LogP contribution in [0.5, 0.6) is 0 Å². The number of para-hydroxylation sites is 1. The van der Waals surface area contributed by atoms with Gasteiger partial charge >= 0.3 is 0 Å². The van der Waals surface area contributed by atoms with Gasteiger partial charge in [-0.15, -0.1) is 0 Å². The van der Waals surface area contributed by atoms with Gasteiger partial charge in [-0.05, 0) is 32.5 Å². The molecule has 2 unspecified atom stereocenters. The molecule has 3 heterocycles. The maximum atomic E-state index is 14.3. The van der Waals surface area contributed by atoms with Crippen molar-refractivity contribution < 1.29 is 9.18 Å². The van der Waals surface area contributed by atoms with E-state index in [9.17, 15) is 9.18 Å². The monoisotopic (exact) mass is 341 g/mol. The van der Waals surface area contributed by atoms with Crippen LogP contribution in [-0.4, -0.2) is 53.0 Å². The highest BCUT2D eigenvalue weighted by molar-refractivity contribution is 5.96. The van der Waals surface area contributed by atoms with E-state index < -0.39 is 0 Å². The first-order valence-electron chi connectivity index (χ1n) is 9.03. The van der Waals surface area contributed by atoms with Crippen LogP contribution in [0.4, 0.5) is 4.39 Å². The number of halogens is 1. The molecule has 1 aromatic heterocycles. The first-order chi connectivity index (χ1) is 12.0. The summed E-state index contributed by atoms with van der Waals surface area (Å²) >= 11 is 0. The normalized spacial score (nSPS) is 22.6. The Labute approximate surface area is 147 Å². The smallest absolute Gasteiger partial charge is 0.230 e. The summed E-state index contributed by atoms with van der Waals surface area (Å²) in [7, 11) is 2.06. The first kappa shape index (κ1) is 16.3. The third-order valence-corrected chi connectivity index (χ3v) is 5.68. The zero-order valence-electron chi connectivity index (χ0n) is 15.0. The summed E-state index contributed by atoms with van der Waals surface area (Å²) in [5, 5.41) is 0.664. The Bertz CT molecular complexity index is 865. The molecule has 4 rings (SSSR count). The number of amides is 1. The van der Waals surface area contributed by atoms with Crippen LogP contribution in [0.1, 0.15) is 19.4 Å². The number of fused-ring (bicyclic) bond motifs is 2. The van der Waals surface area contributed by atoms with Gasteiger partial charge in [-0.2, -0.15) is 0 Å². The van der Waals surface area contributed by atoms with E-state index >= 15 is 0 Å². The van der Waals surface area contributed by atoms with Gasteiger partial charge in [-0.25, -0.2) is 4.39 Å². The van der Waals surface area contributed by atoms with Crippen LogP contribution in [0.25, 0.3) is 16.5 Å². The summed E-state index contributed by atoms with van der Waals surface area (Å²) in [4.78, 5) is 17.0. The van der Waals surface area contributed by atoms with Crippen LogP contribution >= 0.6 is 0 Å². The fraction of sp³-hybridized carbons (Fsp3) is 0.450. The Morgan fingerprint density at radius 2 is 2.04 bits per heavy atom. The SMILES string of the molecule is CCN(CC)C(=O)C1C=C2c3cccc4c(F)cn(c34)CC2N(C)C1. The summed E-state index contributed by atoms with van der Waals surface area (Å²) in [5.41, 5.74) is 3.17. The average molecular weight is 341 g/mol. The highest BCUT2D eigenvalue weighted by Crippen LogP contribution is 2.39. The molecule has 4 nitrogen and oxygen atoms in total. The number of benzene rings is 1. The molecule has 0 aliphatic carbocycles. The van der Waals surface area contributed by atoms with Crippen LogP contribution in [0.3, 0.4) is 0 Å². The highest BCUT2D eigenvalue weighted by atomic mass is 19.1. The standard InChI is InChI=1S/C20H24FN3O/c1-4-23(5-2)20(25)13-9-16-14-7-6-8-15-17(21)11-24(19(14)15)12-18(16)22(3)10-13/h6-9,11,13,18H,4-5,10,12H2,1-3H3. The largest absolute Gasteiger partial charge is 0.343 e. The summed E-state index contributed by atoms with van der Waals surface area (Å²) in [5.74, 6) is -0.130. The summed E-state index contributed by atoms with van der Waals surface area (Å²) in [6.07, 6.45) is 3.74. The Morgan fingerprint density at radius 3 is 2.76 bits per heavy atom. The number of rotatable bonds is 3. The topological polar surface area (TPSA) is 28.5 Å². The van der Waals surface area contributed by atoms with E-state index in [0.29, 0.717) is 11.9 Å². The lowest BCUT2D eigenvalue weighted by Gasteiger charge is -2.40. The molecule has 0 spiro atoms.